The molecule has 2 aromatic heterocycles. The first-order valence-corrected chi connectivity index (χ1v) is 12.9. The molecule has 2 fully saturated rings. The van der Waals surface area contributed by atoms with Gasteiger partial charge in [0.1, 0.15) is 11.6 Å². The van der Waals surface area contributed by atoms with E-state index in [1.807, 2.05) is 24.3 Å². The van der Waals surface area contributed by atoms with Crippen molar-refractivity contribution in [2.45, 2.75) is 37.5 Å². The lowest BCUT2D eigenvalue weighted by atomic mass is 10.1. The van der Waals surface area contributed by atoms with Crippen LogP contribution >= 0.6 is 0 Å². The zero-order valence-electron chi connectivity index (χ0n) is 20.8. The van der Waals surface area contributed by atoms with Gasteiger partial charge in [0.2, 0.25) is 5.95 Å². The topological polar surface area (TPSA) is 86.6 Å². The van der Waals surface area contributed by atoms with E-state index in [-0.39, 0.29) is 5.82 Å². The van der Waals surface area contributed by atoms with Crippen molar-refractivity contribution in [3.8, 4) is 0 Å². The predicted molar refractivity (Wildman–Crippen MR) is 137 cm³/mol. The lowest BCUT2D eigenvalue weighted by Gasteiger charge is -2.28. The highest BCUT2D eigenvalue weighted by atomic mass is 19.4. The molecule has 11 heteroatoms. The number of pyridine rings is 1. The Labute approximate surface area is 218 Å². The summed E-state index contributed by atoms with van der Waals surface area (Å²) < 4.78 is 46.6. The van der Waals surface area contributed by atoms with Gasteiger partial charge in [-0.1, -0.05) is 12.1 Å². The Hall–Kier alpha value is -3.44. The average molecular weight is 527 g/mol. The summed E-state index contributed by atoms with van der Waals surface area (Å²) >= 11 is 0. The van der Waals surface area contributed by atoms with Crippen molar-refractivity contribution in [3.05, 3.63) is 65.0 Å². The van der Waals surface area contributed by atoms with Gasteiger partial charge in [0.05, 0.1) is 30.1 Å². The van der Waals surface area contributed by atoms with Gasteiger partial charge in [0.25, 0.3) is 0 Å². The Morgan fingerprint density at radius 1 is 0.921 bits per heavy atom. The second kappa shape index (κ2) is 9.70. The molecule has 0 spiro atoms. The van der Waals surface area contributed by atoms with Crippen LogP contribution in [0.2, 0.25) is 0 Å². The standard InChI is InChI=1S/C27H29F3N6O2/c28-27(29,30)21-2-1-11-31-24(21)35-12-7-20-22(8-13-35)33-25(36-14-16-38-17-15-36)34-23(20)32-19-5-3-18(4-6-19)26(37)9-10-26/h1-6,11,37H,7-10,12-17H2,(H,32,33,34). The molecule has 1 saturated heterocycles. The van der Waals surface area contributed by atoms with Gasteiger partial charge in [-0.3, -0.25) is 0 Å². The maximum atomic E-state index is 13.7. The maximum absolute atomic E-state index is 13.7. The van der Waals surface area contributed by atoms with E-state index in [1.165, 1.54) is 12.3 Å². The predicted octanol–water partition coefficient (Wildman–Crippen LogP) is 4.06. The van der Waals surface area contributed by atoms with Crippen molar-refractivity contribution < 1.29 is 23.0 Å². The third-order valence-electron chi connectivity index (χ3n) is 7.43. The molecule has 0 unspecified atom stereocenters. The van der Waals surface area contributed by atoms with E-state index in [1.54, 1.807) is 4.90 Å². The number of ether oxygens (including phenoxy) is 1. The number of halogens is 3. The lowest BCUT2D eigenvalue weighted by molar-refractivity contribution is -0.137. The summed E-state index contributed by atoms with van der Waals surface area (Å²) in [5, 5.41) is 13.8. The van der Waals surface area contributed by atoms with Gasteiger partial charge in [-0.2, -0.15) is 18.2 Å². The van der Waals surface area contributed by atoms with E-state index < -0.39 is 17.3 Å². The van der Waals surface area contributed by atoms with Gasteiger partial charge in [-0.25, -0.2) is 9.97 Å². The Morgan fingerprint density at radius 2 is 1.66 bits per heavy atom. The smallest absolute Gasteiger partial charge is 0.385 e. The molecule has 3 aliphatic rings. The van der Waals surface area contributed by atoms with Gasteiger partial charge in [0, 0.05) is 50.0 Å². The Morgan fingerprint density at radius 3 is 2.37 bits per heavy atom. The van der Waals surface area contributed by atoms with Crippen molar-refractivity contribution in [2.75, 3.05) is 54.5 Å². The highest BCUT2D eigenvalue weighted by molar-refractivity contribution is 5.63. The number of anilines is 4. The fourth-order valence-electron chi connectivity index (χ4n) is 5.08. The third kappa shape index (κ3) is 5.00. The van der Waals surface area contributed by atoms with Crippen LogP contribution in [0.15, 0.2) is 42.6 Å². The van der Waals surface area contributed by atoms with Gasteiger partial charge in [0.15, 0.2) is 0 Å². The molecule has 1 aliphatic carbocycles. The number of benzene rings is 1. The number of nitrogens with one attached hydrogen (secondary N) is 1. The highest BCUT2D eigenvalue weighted by Gasteiger charge is 2.42. The molecule has 200 valence electrons. The number of rotatable bonds is 5. The quantitative estimate of drug-likeness (QED) is 0.515. The van der Waals surface area contributed by atoms with Crippen molar-refractivity contribution >= 4 is 23.3 Å². The van der Waals surface area contributed by atoms with Gasteiger partial charge < -0.3 is 25.0 Å². The fourth-order valence-corrected chi connectivity index (χ4v) is 5.08. The SMILES string of the molecule is OC1(c2ccc(Nc3nc(N4CCOCC4)nc4c3CCN(c3ncccc3C(F)(F)F)CC4)cc2)CC1. The normalized spacial score (nSPS) is 19.1. The fraction of sp³-hybridized carbons (Fsp3) is 0.444. The number of nitrogens with zero attached hydrogens (tertiary/aromatic N) is 5. The van der Waals surface area contributed by atoms with Crippen LogP contribution in [0.25, 0.3) is 0 Å². The minimum Gasteiger partial charge on any atom is -0.385 e. The highest BCUT2D eigenvalue weighted by Crippen LogP contribution is 2.45. The largest absolute Gasteiger partial charge is 0.419 e. The number of morpholine rings is 1. The summed E-state index contributed by atoms with van der Waals surface area (Å²) in [5.41, 5.74) is 1.97. The third-order valence-corrected chi connectivity index (χ3v) is 7.43. The Balaban J connectivity index is 1.32. The molecule has 0 bridgehead atoms. The molecule has 4 heterocycles. The average Bonchev–Trinajstić information content (AvgIpc) is 3.71. The summed E-state index contributed by atoms with van der Waals surface area (Å²) in [4.78, 5) is 17.6. The first kappa shape index (κ1) is 24.9. The van der Waals surface area contributed by atoms with E-state index in [9.17, 15) is 18.3 Å². The van der Waals surface area contributed by atoms with Crippen molar-refractivity contribution in [1.82, 2.24) is 15.0 Å². The Kier molecular flexibility index (Phi) is 6.35. The molecule has 38 heavy (non-hydrogen) atoms. The molecular formula is C27H29F3N6O2. The van der Waals surface area contributed by atoms with Crippen molar-refractivity contribution in [1.29, 1.82) is 0 Å². The summed E-state index contributed by atoms with van der Waals surface area (Å²) in [7, 11) is 0. The van der Waals surface area contributed by atoms with Crippen LogP contribution in [0.1, 0.15) is 35.2 Å². The number of aliphatic hydroxyl groups is 1. The van der Waals surface area contributed by atoms with E-state index in [2.05, 4.69) is 15.2 Å². The summed E-state index contributed by atoms with van der Waals surface area (Å²) in [6.07, 6.45) is -0.626. The van der Waals surface area contributed by atoms with E-state index in [0.717, 1.165) is 41.4 Å². The second-order valence-corrected chi connectivity index (χ2v) is 9.99. The van der Waals surface area contributed by atoms with Crippen LogP contribution in [0.3, 0.4) is 0 Å². The van der Waals surface area contributed by atoms with Gasteiger partial charge >= 0.3 is 6.18 Å². The molecule has 1 aromatic carbocycles. The lowest BCUT2D eigenvalue weighted by Crippen LogP contribution is -2.37. The molecule has 6 rings (SSSR count). The van der Waals surface area contributed by atoms with Crippen LogP contribution in [0.4, 0.5) is 36.4 Å². The van der Waals surface area contributed by atoms with E-state index >= 15 is 0 Å². The van der Waals surface area contributed by atoms with Crippen LogP contribution < -0.4 is 15.1 Å². The number of hydrogen-bond acceptors (Lipinski definition) is 8. The summed E-state index contributed by atoms with van der Waals surface area (Å²) in [5.74, 6) is 1.17. The molecule has 0 atom stereocenters. The molecule has 2 aliphatic heterocycles. The first-order chi connectivity index (χ1) is 18.3. The number of hydrogen-bond donors (Lipinski definition) is 2. The van der Waals surface area contributed by atoms with Crippen LogP contribution in [0, 0.1) is 0 Å². The van der Waals surface area contributed by atoms with Crippen LogP contribution in [-0.4, -0.2) is 59.5 Å². The molecule has 3 aromatic rings. The molecule has 0 radical (unpaired) electrons. The molecule has 8 nitrogen and oxygen atoms in total. The minimum atomic E-state index is -4.49. The molecular weight excluding hydrogens is 497 g/mol. The van der Waals surface area contributed by atoms with Crippen LogP contribution in [-0.2, 0) is 29.4 Å². The van der Waals surface area contributed by atoms with Gasteiger partial charge in [-0.05, 0) is 49.1 Å². The van der Waals surface area contributed by atoms with E-state index in [4.69, 9.17) is 14.7 Å². The van der Waals surface area contributed by atoms with Gasteiger partial charge in [-0.15, -0.1) is 0 Å². The molecule has 0 amide bonds. The summed E-state index contributed by atoms with van der Waals surface area (Å²) in [6, 6.07) is 10.1. The number of aromatic nitrogens is 3. The van der Waals surface area contributed by atoms with Crippen LogP contribution in [0.5, 0.6) is 0 Å². The van der Waals surface area contributed by atoms with Crippen molar-refractivity contribution in [2.24, 2.45) is 0 Å². The number of alkyl halides is 3. The zero-order valence-corrected chi connectivity index (χ0v) is 20.8. The zero-order chi connectivity index (χ0) is 26.3. The maximum Gasteiger partial charge on any atom is 0.419 e. The van der Waals surface area contributed by atoms with Crippen molar-refractivity contribution in [3.63, 3.8) is 0 Å². The molecule has 2 N–H and O–H groups in total. The minimum absolute atomic E-state index is 0.0581. The Bertz CT molecular complexity index is 1310. The number of fused-ring (bicyclic) bond motifs is 1. The summed E-state index contributed by atoms with van der Waals surface area (Å²) in [6.45, 7) is 3.22. The second-order valence-electron chi connectivity index (χ2n) is 9.99. The first-order valence-electron chi connectivity index (χ1n) is 12.9. The molecule has 1 saturated carbocycles. The monoisotopic (exact) mass is 526 g/mol. The van der Waals surface area contributed by atoms with E-state index in [0.29, 0.717) is 64.0 Å².